The van der Waals surface area contributed by atoms with Crippen molar-refractivity contribution in [2.45, 2.75) is 12.5 Å². The zero-order valence-corrected chi connectivity index (χ0v) is 12.3. The molecule has 2 aromatic carbocycles. The molecule has 112 valence electrons. The van der Waals surface area contributed by atoms with Gasteiger partial charge in [-0.3, -0.25) is 4.99 Å². The molecule has 2 aliphatic rings. The summed E-state index contributed by atoms with van der Waals surface area (Å²) in [5, 5.41) is 3.34. The van der Waals surface area contributed by atoms with Crippen LogP contribution in [0, 0.1) is 0 Å². The zero-order chi connectivity index (χ0) is 14.8. The van der Waals surface area contributed by atoms with Crippen LogP contribution in [0.15, 0.2) is 53.5 Å². The lowest BCUT2D eigenvalue weighted by atomic mass is 10.0. The summed E-state index contributed by atoms with van der Waals surface area (Å²) < 4.78 is 11.9. The number of ether oxygens (including phenoxy) is 2. The monoisotopic (exact) mass is 294 g/mol. The number of fused-ring (bicyclic) bond motifs is 1. The maximum Gasteiger partial charge on any atom is 0.161 e. The molecule has 1 N–H and O–H groups in total. The van der Waals surface area contributed by atoms with Crippen LogP contribution in [0.4, 0.5) is 0 Å². The van der Waals surface area contributed by atoms with Gasteiger partial charge in [0.2, 0.25) is 0 Å². The Kier molecular flexibility index (Phi) is 3.43. The SMILES string of the molecule is c1ccc(C2=NCCN2)c(CC2COc3ccccc3O2)c1. The van der Waals surface area contributed by atoms with Crippen LogP contribution < -0.4 is 14.8 Å². The molecule has 22 heavy (non-hydrogen) atoms. The number of aliphatic imine (C=N–C) groups is 1. The van der Waals surface area contributed by atoms with Crippen molar-refractivity contribution in [3.63, 3.8) is 0 Å². The van der Waals surface area contributed by atoms with Crippen molar-refractivity contribution in [3.8, 4) is 11.5 Å². The van der Waals surface area contributed by atoms with E-state index in [0.29, 0.717) is 6.61 Å². The number of hydrogen-bond donors (Lipinski definition) is 1. The van der Waals surface area contributed by atoms with Crippen LogP contribution in [0.1, 0.15) is 11.1 Å². The minimum absolute atomic E-state index is 0.0260. The molecule has 2 aromatic rings. The maximum absolute atomic E-state index is 6.07. The van der Waals surface area contributed by atoms with Gasteiger partial charge in [0.05, 0.1) is 6.54 Å². The van der Waals surface area contributed by atoms with Gasteiger partial charge in [-0.1, -0.05) is 36.4 Å². The van der Waals surface area contributed by atoms with Crippen LogP contribution in [0.2, 0.25) is 0 Å². The first-order valence-electron chi connectivity index (χ1n) is 7.65. The van der Waals surface area contributed by atoms with Crippen molar-refractivity contribution in [2.24, 2.45) is 4.99 Å². The summed E-state index contributed by atoms with van der Waals surface area (Å²) in [6, 6.07) is 16.2. The molecule has 0 aliphatic carbocycles. The fraction of sp³-hybridized carbons (Fsp3) is 0.278. The number of nitrogens with one attached hydrogen (secondary N) is 1. The van der Waals surface area contributed by atoms with Gasteiger partial charge in [0.25, 0.3) is 0 Å². The standard InChI is InChI=1S/C18H18N2O2/c1-2-6-15(18-19-9-10-20-18)13(5-1)11-14-12-21-16-7-3-4-8-17(16)22-14/h1-8,14H,9-12H2,(H,19,20). The van der Waals surface area contributed by atoms with Crippen molar-refractivity contribution >= 4 is 5.84 Å². The van der Waals surface area contributed by atoms with E-state index in [1.807, 2.05) is 24.3 Å². The minimum Gasteiger partial charge on any atom is -0.486 e. The largest absolute Gasteiger partial charge is 0.486 e. The normalized spacial score (nSPS) is 19.5. The minimum atomic E-state index is 0.0260. The molecule has 4 rings (SSSR count). The highest BCUT2D eigenvalue weighted by Gasteiger charge is 2.22. The molecule has 0 saturated heterocycles. The summed E-state index contributed by atoms with van der Waals surface area (Å²) in [5.41, 5.74) is 2.41. The van der Waals surface area contributed by atoms with Crippen LogP contribution in [-0.4, -0.2) is 31.6 Å². The van der Waals surface area contributed by atoms with Crippen molar-refractivity contribution in [3.05, 3.63) is 59.7 Å². The van der Waals surface area contributed by atoms with Gasteiger partial charge in [-0.25, -0.2) is 0 Å². The first-order chi connectivity index (χ1) is 10.9. The van der Waals surface area contributed by atoms with Gasteiger partial charge >= 0.3 is 0 Å². The number of hydrogen-bond acceptors (Lipinski definition) is 4. The highest BCUT2D eigenvalue weighted by Crippen LogP contribution is 2.31. The summed E-state index contributed by atoms with van der Waals surface area (Å²) in [7, 11) is 0. The third-order valence-electron chi connectivity index (χ3n) is 3.96. The second-order valence-electron chi connectivity index (χ2n) is 5.52. The van der Waals surface area contributed by atoms with Crippen LogP contribution in [0.3, 0.4) is 0 Å². The van der Waals surface area contributed by atoms with Gasteiger partial charge in [-0.2, -0.15) is 0 Å². The predicted molar refractivity (Wildman–Crippen MR) is 85.9 cm³/mol. The topological polar surface area (TPSA) is 42.9 Å². The Bertz CT molecular complexity index is 712. The molecule has 0 spiro atoms. The van der Waals surface area contributed by atoms with E-state index in [9.17, 15) is 0 Å². The molecular weight excluding hydrogens is 276 g/mol. The van der Waals surface area contributed by atoms with Gasteiger partial charge < -0.3 is 14.8 Å². The molecule has 2 heterocycles. The Balaban J connectivity index is 1.55. The van der Waals surface area contributed by atoms with E-state index in [0.717, 1.165) is 36.8 Å². The number of nitrogens with zero attached hydrogens (tertiary/aromatic N) is 1. The second kappa shape index (κ2) is 5.72. The van der Waals surface area contributed by atoms with Gasteiger partial charge in [0, 0.05) is 18.5 Å². The Morgan fingerprint density at radius 1 is 1.05 bits per heavy atom. The molecular formula is C18H18N2O2. The van der Waals surface area contributed by atoms with Crippen molar-refractivity contribution in [1.82, 2.24) is 5.32 Å². The smallest absolute Gasteiger partial charge is 0.161 e. The molecule has 1 atom stereocenters. The highest BCUT2D eigenvalue weighted by atomic mass is 16.6. The Morgan fingerprint density at radius 3 is 2.73 bits per heavy atom. The second-order valence-corrected chi connectivity index (χ2v) is 5.52. The first-order valence-corrected chi connectivity index (χ1v) is 7.65. The van der Waals surface area contributed by atoms with Gasteiger partial charge in [0.1, 0.15) is 18.5 Å². The molecule has 4 heteroatoms. The third-order valence-corrected chi connectivity index (χ3v) is 3.96. The molecule has 4 nitrogen and oxygen atoms in total. The summed E-state index contributed by atoms with van der Waals surface area (Å²) in [6.07, 6.45) is 0.837. The summed E-state index contributed by atoms with van der Waals surface area (Å²) in [4.78, 5) is 4.53. The van der Waals surface area contributed by atoms with Crippen LogP contribution in [0.5, 0.6) is 11.5 Å². The van der Waals surface area contributed by atoms with E-state index in [-0.39, 0.29) is 6.10 Å². The van der Waals surface area contributed by atoms with Crippen molar-refractivity contribution in [1.29, 1.82) is 0 Å². The Labute approximate surface area is 129 Å². The number of amidine groups is 1. The van der Waals surface area contributed by atoms with Crippen LogP contribution in [0.25, 0.3) is 0 Å². The number of rotatable bonds is 3. The Hall–Kier alpha value is -2.49. The summed E-state index contributed by atoms with van der Waals surface area (Å²) >= 11 is 0. The lowest BCUT2D eigenvalue weighted by Crippen LogP contribution is -2.32. The van der Waals surface area contributed by atoms with E-state index in [1.165, 1.54) is 11.1 Å². The fourth-order valence-electron chi connectivity index (χ4n) is 2.92. The van der Waals surface area contributed by atoms with Crippen LogP contribution in [-0.2, 0) is 6.42 Å². The molecule has 1 unspecified atom stereocenters. The molecule has 0 saturated carbocycles. The summed E-state index contributed by atoms with van der Waals surface area (Å²) in [6.45, 7) is 2.34. The van der Waals surface area contributed by atoms with E-state index in [1.54, 1.807) is 0 Å². The van der Waals surface area contributed by atoms with Gasteiger partial charge in [-0.05, 0) is 17.7 Å². The van der Waals surface area contributed by atoms with E-state index in [4.69, 9.17) is 9.47 Å². The lowest BCUT2D eigenvalue weighted by Gasteiger charge is -2.27. The van der Waals surface area contributed by atoms with E-state index < -0.39 is 0 Å². The zero-order valence-electron chi connectivity index (χ0n) is 12.3. The molecule has 0 fully saturated rings. The lowest BCUT2D eigenvalue weighted by molar-refractivity contribution is 0.0913. The maximum atomic E-state index is 6.07. The molecule has 0 radical (unpaired) electrons. The average molecular weight is 294 g/mol. The van der Waals surface area contributed by atoms with Crippen LogP contribution >= 0.6 is 0 Å². The third kappa shape index (κ3) is 2.52. The summed E-state index contributed by atoms with van der Waals surface area (Å²) in [5.74, 6) is 2.65. The van der Waals surface area contributed by atoms with E-state index >= 15 is 0 Å². The number of benzene rings is 2. The fourth-order valence-corrected chi connectivity index (χ4v) is 2.92. The molecule has 0 aromatic heterocycles. The molecule has 0 amide bonds. The molecule has 0 bridgehead atoms. The Morgan fingerprint density at radius 2 is 1.86 bits per heavy atom. The van der Waals surface area contributed by atoms with Crippen molar-refractivity contribution < 1.29 is 9.47 Å². The first kappa shape index (κ1) is 13.2. The quantitative estimate of drug-likeness (QED) is 0.945. The van der Waals surface area contributed by atoms with Gasteiger partial charge in [-0.15, -0.1) is 0 Å². The van der Waals surface area contributed by atoms with E-state index in [2.05, 4.69) is 34.6 Å². The number of para-hydroxylation sites is 2. The highest BCUT2D eigenvalue weighted by molar-refractivity contribution is 6.01. The molecule has 2 aliphatic heterocycles. The van der Waals surface area contributed by atoms with Crippen molar-refractivity contribution in [2.75, 3.05) is 19.7 Å². The average Bonchev–Trinajstić information content (AvgIpc) is 3.10. The van der Waals surface area contributed by atoms with Gasteiger partial charge in [0.15, 0.2) is 11.5 Å². The predicted octanol–water partition coefficient (Wildman–Crippen LogP) is 2.42.